The summed E-state index contributed by atoms with van der Waals surface area (Å²) in [6.07, 6.45) is 4.31. The number of thioether (sulfide) groups is 1. The fourth-order valence-electron chi connectivity index (χ4n) is 2.72. The van der Waals surface area contributed by atoms with Crippen molar-refractivity contribution in [3.63, 3.8) is 0 Å². The summed E-state index contributed by atoms with van der Waals surface area (Å²) in [4.78, 5) is 4.31. The van der Waals surface area contributed by atoms with E-state index >= 15 is 0 Å². The number of anilines is 1. The van der Waals surface area contributed by atoms with Crippen molar-refractivity contribution in [2.75, 3.05) is 25.6 Å². The minimum atomic E-state index is -2.49. The molecule has 26 heavy (non-hydrogen) atoms. The average Bonchev–Trinajstić information content (AvgIpc) is 2.90. The third kappa shape index (κ3) is 8.39. The van der Waals surface area contributed by atoms with Crippen LogP contribution < -0.4 is 5.73 Å². The minimum absolute atomic E-state index is 0.454. The minimum Gasteiger partial charge on any atom is -0.374 e. The molecule has 0 aliphatic carbocycles. The first-order valence-electron chi connectivity index (χ1n) is 9.75. The molecule has 152 valence electrons. The largest absolute Gasteiger partial charge is 0.500 e. The molecule has 0 unspecified atom stereocenters. The Hall–Kier alpha value is -0.613. The van der Waals surface area contributed by atoms with Crippen LogP contribution in [0.1, 0.15) is 60.3 Å². The Bertz CT molecular complexity index is 485. The summed E-state index contributed by atoms with van der Waals surface area (Å²) in [7, 11) is -2.49. The number of nitrogens with zero attached hydrogens (tertiary/aromatic N) is 3. The molecule has 9 heteroatoms. The van der Waals surface area contributed by atoms with Crippen molar-refractivity contribution in [2.45, 2.75) is 83.3 Å². The molecule has 0 aromatic carbocycles. The maximum Gasteiger partial charge on any atom is 0.500 e. The van der Waals surface area contributed by atoms with Crippen LogP contribution >= 0.6 is 11.8 Å². The Labute approximate surface area is 163 Å². The lowest BCUT2D eigenvalue weighted by Crippen LogP contribution is -2.45. The SMILES string of the molecule is CCO[Si](CCCCCCn1nc(SC(C)C)nc1N)(OCC)OCC. The summed E-state index contributed by atoms with van der Waals surface area (Å²) < 4.78 is 19.5. The molecule has 0 bridgehead atoms. The fraction of sp³-hybridized carbons (Fsp3) is 0.882. The molecule has 1 rings (SSSR count). The van der Waals surface area contributed by atoms with E-state index in [0.717, 1.165) is 43.4 Å². The van der Waals surface area contributed by atoms with Gasteiger partial charge in [0, 0.05) is 37.7 Å². The first-order valence-corrected chi connectivity index (χ1v) is 12.6. The van der Waals surface area contributed by atoms with E-state index in [1.807, 2.05) is 25.5 Å². The van der Waals surface area contributed by atoms with Gasteiger partial charge in [0.2, 0.25) is 11.1 Å². The number of nitrogens with two attached hydrogens (primary N) is 1. The first kappa shape index (κ1) is 23.4. The van der Waals surface area contributed by atoms with E-state index < -0.39 is 8.80 Å². The van der Waals surface area contributed by atoms with Gasteiger partial charge in [-0.3, -0.25) is 0 Å². The van der Waals surface area contributed by atoms with Crippen molar-refractivity contribution in [2.24, 2.45) is 0 Å². The van der Waals surface area contributed by atoms with Crippen molar-refractivity contribution in [1.29, 1.82) is 0 Å². The highest BCUT2D eigenvalue weighted by Crippen LogP contribution is 2.22. The zero-order valence-corrected chi connectivity index (χ0v) is 18.8. The van der Waals surface area contributed by atoms with E-state index in [1.54, 1.807) is 11.8 Å². The zero-order chi connectivity index (χ0) is 19.4. The quantitative estimate of drug-likeness (QED) is 0.269. The van der Waals surface area contributed by atoms with E-state index in [9.17, 15) is 0 Å². The van der Waals surface area contributed by atoms with E-state index in [2.05, 4.69) is 23.9 Å². The number of aromatic nitrogens is 3. The highest BCUT2D eigenvalue weighted by Gasteiger charge is 2.39. The number of hydrogen-bond donors (Lipinski definition) is 1. The van der Waals surface area contributed by atoms with Crippen LogP contribution in [0.3, 0.4) is 0 Å². The number of rotatable bonds is 15. The lowest BCUT2D eigenvalue weighted by atomic mass is 10.2. The first-order chi connectivity index (χ1) is 12.5. The third-order valence-electron chi connectivity index (χ3n) is 3.72. The van der Waals surface area contributed by atoms with Gasteiger partial charge in [-0.1, -0.05) is 38.5 Å². The molecule has 0 fully saturated rings. The Kier molecular flexibility index (Phi) is 11.5. The summed E-state index contributed by atoms with van der Waals surface area (Å²) in [6, 6.07) is 0.878. The second kappa shape index (κ2) is 12.7. The highest BCUT2D eigenvalue weighted by atomic mass is 32.2. The predicted octanol–water partition coefficient (Wildman–Crippen LogP) is 3.97. The molecule has 0 atom stereocenters. The van der Waals surface area contributed by atoms with Crippen LogP contribution in [0.15, 0.2) is 5.16 Å². The fourth-order valence-corrected chi connectivity index (χ4v) is 6.11. The van der Waals surface area contributed by atoms with Gasteiger partial charge in [0.15, 0.2) is 0 Å². The number of nitrogen functional groups attached to an aromatic ring is 1. The van der Waals surface area contributed by atoms with E-state index in [0.29, 0.717) is 31.0 Å². The van der Waals surface area contributed by atoms with Crippen LogP contribution in [0.25, 0.3) is 0 Å². The number of aryl methyl sites for hydroxylation is 1. The van der Waals surface area contributed by atoms with Crippen LogP contribution in [-0.2, 0) is 19.8 Å². The average molecular weight is 405 g/mol. The van der Waals surface area contributed by atoms with Crippen LogP contribution in [0.4, 0.5) is 5.95 Å². The molecule has 2 N–H and O–H groups in total. The molecule has 1 aromatic rings. The summed E-state index contributed by atoms with van der Waals surface area (Å²) >= 11 is 1.64. The van der Waals surface area contributed by atoms with Crippen LogP contribution in [0.5, 0.6) is 0 Å². The normalized spacial score (nSPS) is 12.2. The molecule has 0 spiro atoms. The Morgan fingerprint density at radius 3 is 2.12 bits per heavy atom. The second-order valence-corrected chi connectivity index (χ2v) is 10.6. The maximum atomic E-state index is 5.95. The molecular weight excluding hydrogens is 368 g/mol. The van der Waals surface area contributed by atoms with Gasteiger partial charge in [-0.2, -0.15) is 4.98 Å². The molecular formula is C17H36N4O3SSi. The molecule has 0 aliphatic heterocycles. The number of hydrogen-bond acceptors (Lipinski definition) is 7. The number of unbranched alkanes of at least 4 members (excludes halogenated alkanes) is 3. The van der Waals surface area contributed by atoms with E-state index in [-0.39, 0.29) is 0 Å². The van der Waals surface area contributed by atoms with Gasteiger partial charge in [-0.05, 0) is 33.6 Å². The standard InChI is InChI=1S/C17H36N4O3SSi/c1-6-22-26(23-7-2,24-8-3)14-12-10-9-11-13-21-16(18)19-17(20-21)25-15(4)5/h15H,6-14H2,1-5H3,(H2,18,19,20). The van der Waals surface area contributed by atoms with Crippen molar-refractivity contribution in [1.82, 2.24) is 14.8 Å². The van der Waals surface area contributed by atoms with Crippen LogP contribution in [-0.4, -0.2) is 48.6 Å². The zero-order valence-electron chi connectivity index (χ0n) is 17.0. The molecule has 1 heterocycles. The third-order valence-corrected chi connectivity index (χ3v) is 7.72. The van der Waals surface area contributed by atoms with Gasteiger partial charge in [0.25, 0.3) is 0 Å². The molecule has 0 saturated heterocycles. The van der Waals surface area contributed by atoms with Gasteiger partial charge in [-0.15, -0.1) is 5.10 Å². The van der Waals surface area contributed by atoms with Gasteiger partial charge in [0.1, 0.15) is 0 Å². The molecule has 7 nitrogen and oxygen atoms in total. The molecule has 0 amide bonds. The van der Waals surface area contributed by atoms with Crippen LogP contribution in [0.2, 0.25) is 6.04 Å². The Morgan fingerprint density at radius 2 is 1.58 bits per heavy atom. The summed E-state index contributed by atoms with van der Waals surface area (Å²) in [6.45, 7) is 12.9. The molecule has 0 radical (unpaired) electrons. The highest BCUT2D eigenvalue weighted by molar-refractivity contribution is 7.99. The van der Waals surface area contributed by atoms with Gasteiger partial charge in [0.05, 0.1) is 0 Å². The summed E-state index contributed by atoms with van der Waals surface area (Å²) in [5.74, 6) is 0.503. The maximum absolute atomic E-state index is 5.95. The monoisotopic (exact) mass is 404 g/mol. The summed E-state index contributed by atoms with van der Waals surface area (Å²) in [5, 5.41) is 5.69. The lowest BCUT2D eigenvalue weighted by molar-refractivity contribution is 0.0706. The topological polar surface area (TPSA) is 84.4 Å². The second-order valence-electron chi connectivity index (χ2n) is 6.29. The predicted molar refractivity (Wildman–Crippen MR) is 109 cm³/mol. The van der Waals surface area contributed by atoms with Crippen molar-refractivity contribution in [3.05, 3.63) is 0 Å². The Morgan fingerprint density at radius 1 is 1.00 bits per heavy atom. The Balaban J connectivity index is 2.34. The van der Waals surface area contributed by atoms with Gasteiger partial charge < -0.3 is 19.0 Å². The van der Waals surface area contributed by atoms with Crippen molar-refractivity contribution in [3.8, 4) is 0 Å². The summed E-state index contributed by atoms with van der Waals surface area (Å²) in [5.41, 5.74) is 5.95. The van der Waals surface area contributed by atoms with E-state index in [4.69, 9.17) is 19.0 Å². The molecule has 0 saturated carbocycles. The molecule has 0 aliphatic rings. The van der Waals surface area contributed by atoms with E-state index in [1.165, 1.54) is 0 Å². The smallest absolute Gasteiger partial charge is 0.374 e. The molecule has 1 aromatic heterocycles. The van der Waals surface area contributed by atoms with Crippen LogP contribution in [0, 0.1) is 0 Å². The van der Waals surface area contributed by atoms with Gasteiger partial charge >= 0.3 is 8.80 Å². The van der Waals surface area contributed by atoms with Crippen molar-refractivity contribution < 1.29 is 13.3 Å². The van der Waals surface area contributed by atoms with Crippen molar-refractivity contribution >= 4 is 26.5 Å². The lowest BCUT2D eigenvalue weighted by Gasteiger charge is -2.28. The van der Waals surface area contributed by atoms with Gasteiger partial charge in [-0.25, -0.2) is 4.68 Å².